The number of nitrogens with zero attached hydrogens (tertiary/aromatic N) is 2. The summed E-state index contributed by atoms with van der Waals surface area (Å²) in [4.78, 5) is 14.9. The lowest BCUT2D eigenvalue weighted by molar-refractivity contribution is 0.0198. The first-order valence-electron chi connectivity index (χ1n) is 4.17. The Morgan fingerprint density at radius 3 is 3.00 bits per heavy atom. The molecule has 1 aromatic heterocycles. The number of aromatic nitrogens is 2. The van der Waals surface area contributed by atoms with Crippen LogP contribution in [0, 0.1) is 0 Å². The van der Waals surface area contributed by atoms with Gasteiger partial charge in [0.2, 0.25) is 0 Å². The number of hydrogen-bond acceptors (Lipinski definition) is 5. The van der Waals surface area contributed by atoms with Gasteiger partial charge in [0.15, 0.2) is 0 Å². The highest BCUT2D eigenvalue weighted by atomic mass is 16.5. The number of aliphatic hydroxyl groups excluding tert-OH is 1. The summed E-state index contributed by atoms with van der Waals surface area (Å²) < 4.78 is 6.30. The predicted octanol–water partition coefficient (Wildman–Crippen LogP) is -0.647. The fourth-order valence-corrected chi connectivity index (χ4v) is 1.13. The summed E-state index contributed by atoms with van der Waals surface area (Å²) in [6, 6.07) is 1.50. The van der Waals surface area contributed by atoms with Crippen LogP contribution in [0.5, 0.6) is 0 Å². The Kier molecular flexibility index (Phi) is 3.61. The first-order chi connectivity index (χ1) is 6.69. The molecule has 0 radical (unpaired) electrons. The second-order valence-corrected chi connectivity index (χ2v) is 2.74. The van der Waals surface area contributed by atoms with Gasteiger partial charge in [-0.15, -0.1) is 0 Å². The third kappa shape index (κ3) is 2.30. The minimum atomic E-state index is -0.499. The largest absolute Gasteiger partial charge is 0.396 e. The predicted molar refractivity (Wildman–Crippen MR) is 50.7 cm³/mol. The van der Waals surface area contributed by atoms with Gasteiger partial charge in [0.05, 0.1) is 0 Å². The van der Waals surface area contributed by atoms with Gasteiger partial charge in [-0.05, 0) is 6.07 Å². The number of nitrogens with two attached hydrogens (primary N) is 1. The fourth-order valence-electron chi connectivity index (χ4n) is 1.13. The van der Waals surface area contributed by atoms with Crippen molar-refractivity contribution in [2.75, 3.05) is 19.5 Å². The van der Waals surface area contributed by atoms with Gasteiger partial charge in [-0.25, -0.2) is 4.79 Å². The fraction of sp³-hybridized carbons (Fsp3) is 0.500. The maximum Gasteiger partial charge on any atom is 0.351 e. The summed E-state index contributed by atoms with van der Waals surface area (Å²) >= 11 is 0. The molecule has 6 heteroatoms. The van der Waals surface area contributed by atoms with Crippen molar-refractivity contribution >= 4 is 5.82 Å². The Balaban J connectivity index is 2.98. The van der Waals surface area contributed by atoms with Gasteiger partial charge in [0.1, 0.15) is 12.0 Å². The molecule has 0 bridgehead atoms. The molecule has 1 unspecified atom stereocenters. The zero-order chi connectivity index (χ0) is 10.6. The molecule has 0 aromatic carbocycles. The van der Waals surface area contributed by atoms with E-state index in [2.05, 4.69) is 4.98 Å². The molecule has 1 heterocycles. The van der Waals surface area contributed by atoms with E-state index < -0.39 is 11.9 Å². The van der Waals surface area contributed by atoms with E-state index in [0.29, 0.717) is 6.42 Å². The van der Waals surface area contributed by atoms with E-state index in [-0.39, 0.29) is 12.4 Å². The third-order valence-corrected chi connectivity index (χ3v) is 1.81. The standard InChI is InChI=1S/C8H13N3O3/c1-14-7(3-5-12)11-4-2-6(9)10-8(11)13/h2,4,7,12H,3,5H2,1H3,(H2,9,10,13). The van der Waals surface area contributed by atoms with Crippen LogP contribution in [0.2, 0.25) is 0 Å². The van der Waals surface area contributed by atoms with Crippen LogP contribution in [-0.2, 0) is 4.74 Å². The molecule has 0 saturated carbocycles. The molecule has 0 saturated heterocycles. The van der Waals surface area contributed by atoms with E-state index in [1.807, 2.05) is 0 Å². The normalized spacial score (nSPS) is 12.7. The van der Waals surface area contributed by atoms with E-state index in [1.54, 1.807) is 0 Å². The summed E-state index contributed by atoms with van der Waals surface area (Å²) in [5.41, 5.74) is 4.85. The molecule has 0 aliphatic carbocycles. The van der Waals surface area contributed by atoms with Crippen LogP contribution in [0.1, 0.15) is 12.6 Å². The van der Waals surface area contributed by atoms with Gasteiger partial charge in [0.25, 0.3) is 0 Å². The van der Waals surface area contributed by atoms with E-state index in [4.69, 9.17) is 15.6 Å². The molecule has 1 aromatic rings. The molecular weight excluding hydrogens is 186 g/mol. The molecule has 0 aliphatic rings. The van der Waals surface area contributed by atoms with Crippen molar-refractivity contribution in [3.8, 4) is 0 Å². The second-order valence-electron chi connectivity index (χ2n) is 2.74. The van der Waals surface area contributed by atoms with Crippen molar-refractivity contribution in [3.05, 3.63) is 22.7 Å². The van der Waals surface area contributed by atoms with Crippen LogP contribution in [-0.4, -0.2) is 28.4 Å². The molecule has 1 atom stereocenters. The smallest absolute Gasteiger partial charge is 0.351 e. The van der Waals surface area contributed by atoms with Gasteiger partial charge in [-0.3, -0.25) is 4.57 Å². The van der Waals surface area contributed by atoms with E-state index >= 15 is 0 Å². The Morgan fingerprint density at radius 2 is 2.50 bits per heavy atom. The number of methoxy groups -OCH3 is 1. The number of hydrogen-bond donors (Lipinski definition) is 2. The van der Waals surface area contributed by atoms with Gasteiger partial charge in [-0.1, -0.05) is 0 Å². The van der Waals surface area contributed by atoms with Crippen molar-refractivity contribution < 1.29 is 9.84 Å². The van der Waals surface area contributed by atoms with Crippen molar-refractivity contribution in [1.82, 2.24) is 9.55 Å². The maximum atomic E-state index is 11.3. The maximum absolute atomic E-state index is 11.3. The first-order valence-corrected chi connectivity index (χ1v) is 4.17. The number of anilines is 1. The van der Waals surface area contributed by atoms with Crippen LogP contribution in [0.25, 0.3) is 0 Å². The third-order valence-electron chi connectivity index (χ3n) is 1.81. The molecular formula is C8H13N3O3. The molecule has 6 nitrogen and oxygen atoms in total. The van der Waals surface area contributed by atoms with Crippen LogP contribution in [0.3, 0.4) is 0 Å². The number of ether oxygens (including phenoxy) is 1. The molecule has 78 valence electrons. The number of rotatable bonds is 4. The average molecular weight is 199 g/mol. The topological polar surface area (TPSA) is 90.4 Å². The Morgan fingerprint density at radius 1 is 1.79 bits per heavy atom. The minimum Gasteiger partial charge on any atom is -0.396 e. The lowest BCUT2D eigenvalue weighted by Gasteiger charge is -2.16. The molecule has 3 N–H and O–H groups in total. The SMILES string of the molecule is COC(CCO)n1ccc(N)nc1=O. The van der Waals surface area contributed by atoms with Gasteiger partial charge < -0.3 is 15.6 Å². The zero-order valence-electron chi connectivity index (χ0n) is 7.88. The highest BCUT2D eigenvalue weighted by Gasteiger charge is 2.10. The molecule has 0 fully saturated rings. The van der Waals surface area contributed by atoms with Crippen LogP contribution in [0.15, 0.2) is 17.1 Å². The lowest BCUT2D eigenvalue weighted by Crippen LogP contribution is -2.28. The van der Waals surface area contributed by atoms with Gasteiger partial charge in [-0.2, -0.15) is 4.98 Å². The summed E-state index contributed by atoms with van der Waals surface area (Å²) in [6.45, 7) is -0.0602. The number of aliphatic hydroxyl groups is 1. The summed E-state index contributed by atoms with van der Waals surface area (Å²) in [5.74, 6) is 0.171. The van der Waals surface area contributed by atoms with Crippen LogP contribution >= 0.6 is 0 Å². The molecule has 0 aliphatic heterocycles. The van der Waals surface area contributed by atoms with Gasteiger partial charge in [0, 0.05) is 26.3 Å². The van der Waals surface area contributed by atoms with Gasteiger partial charge >= 0.3 is 5.69 Å². The quantitative estimate of drug-likeness (QED) is 0.672. The Bertz CT molecular complexity index is 350. The Labute approximate surface area is 80.9 Å². The lowest BCUT2D eigenvalue weighted by atomic mass is 10.4. The average Bonchev–Trinajstić information content (AvgIpc) is 2.15. The minimum absolute atomic E-state index is 0.0602. The highest BCUT2D eigenvalue weighted by Crippen LogP contribution is 2.08. The number of nitrogen functional groups attached to an aromatic ring is 1. The van der Waals surface area contributed by atoms with Crippen molar-refractivity contribution in [3.63, 3.8) is 0 Å². The molecule has 0 amide bonds. The molecule has 14 heavy (non-hydrogen) atoms. The van der Waals surface area contributed by atoms with E-state index in [9.17, 15) is 4.79 Å². The van der Waals surface area contributed by atoms with E-state index in [1.165, 1.54) is 23.9 Å². The van der Waals surface area contributed by atoms with Crippen LogP contribution < -0.4 is 11.4 Å². The summed E-state index contributed by atoms with van der Waals surface area (Å²) in [6.07, 6.45) is 1.33. The first kappa shape index (κ1) is 10.7. The van der Waals surface area contributed by atoms with Crippen molar-refractivity contribution in [2.45, 2.75) is 12.6 Å². The second kappa shape index (κ2) is 4.73. The summed E-state index contributed by atoms with van der Waals surface area (Å²) in [5, 5.41) is 8.73. The van der Waals surface area contributed by atoms with Crippen molar-refractivity contribution in [1.29, 1.82) is 0 Å². The highest BCUT2D eigenvalue weighted by molar-refractivity contribution is 5.23. The van der Waals surface area contributed by atoms with E-state index in [0.717, 1.165) is 0 Å². The van der Waals surface area contributed by atoms with Crippen molar-refractivity contribution in [2.24, 2.45) is 0 Å². The Hall–Kier alpha value is -1.40. The zero-order valence-corrected chi connectivity index (χ0v) is 7.88. The monoisotopic (exact) mass is 199 g/mol. The summed E-state index contributed by atoms with van der Waals surface area (Å²) in [7, 11) is 1.46. The van der Waals surface area contributed by atoms with Crippen LogP contribution in [0.4, 0.5) is 5.82 Å². The molecule has 1 rings (SSSR count). The molecule has 0 spiro atoms.